The van der Waals surface area contributed by atoms with E-state index in [4.69, 9.17) is 9.47 Å². The number of benzene rings is 2. The highest BCUT2D eigenvalue weighted by Gasteiger charge is 2.28. The number of halogens is 1. The van der Waals surface area contributed by atoms with Crippen LogP contribution in [0.3, 0.4) is 0 Å². The molecule has 1 aliphatic rings. The Morgan fingerprint density at radius 3 is 2.50 bits per heavy atom. The molecule has 1 aliphatic heterocycles. The molecule has 3 rings (SSSR count). The minimum absolute atomic E-state index is 0.0941. The molecule has 0 fully saturated rings. The monoisotopic (exact) mass is 329 g/mol. The molecule has 0 bridgehead atoms. The molecule has 2 aromatic rings. The van der Waals surface area contributed by atoms with E-state index in [1.165, 1.54) is 12.1 Å². The number of fused-ring (bicyclic) bond motifs is 1. The quantitative estimate of drug-likeness (QED) is 0.898. The van der Waals surface area contributed by atoms with Crippen LogP contribution in [0, 0.1) is 5.82 Å². The lowest BCUT2D eigenvalue weighted by Crippen LogP contribution is -2.23. The van der Waals surface area contributed by atoms with Crippen molar-refractivity contribution >= 4 is 11.6 Å². The van der Waals surface area contributed by atoms with Crippen LogP contribution in [-0.4, -0.2) is 19.1 Å². The van der Waals surface area contributed by atoms with E-state index in [1.807, 2.05) is 26.0 Å². The van der Waals surface area contributed by atoms with Crippen molar-refractivity contribution in [2.45, 2.75) is 26.2 Å². The summed E-state index contributed by atoms with van der Waals surface area (Å²) in [6.07, 6.45) is 0.274. The Balaban J connectivity index is 2.10. The zero-order valence-corrected chi connectivity index (χ0v) is 13.8. The normalized spacial score (nSPS) is 16.3. The van der Waals surface area contributed by atoms with Gasteiger partial charge < -0.3 is 14.8 Å². The average Bonchev–Trinajstić information content (AvgIpc) is 2.55. The van der Waals surface area contributed by atoms with Gasteiger partial charge in [0.15, 0.2) is 11.5 Å². The molecule has 1 heterocycles. The Bertz CT molecular complexity index is 760. The van der Waals surface area contributed by atoms with Gasteiger partial charge in [0.1, 0.15) is 5.82 Å². The van der Waals surface area contributed by atoms with Gasteiger partial charge in [0.2, 0.25) is 5.91 Å². The van der Waals surface area contributed by atoms with Crippen molar-refractivity contribution in [1.29, 1.82) is 0 Å². The summed E-state index contributed by atoms with van der Waals surface area (Å²) in [4.78, 5) is 12.1. The van der Waals surface area contributed by atoms with Gasteiger partial charge in [-0.3, -0.25) is 4.79 Å². The van der Waals surface area contributed by atoms with Crippen LogP contribution >= 0.6 is 0 Å². The number of hydrogen-bond acceptors (Lipinski definition) is 3. The van der Waals surface area contributed by atoms with Crippen molar-refractivity contribution in [3.05, 3.63) is 53.3 Å². The van der Waals surface area contributed by atoms with Crippen LogP contribution in [0.25, 0.3) is 0 Å². The Kier molecular flexibility index (Phi) is 4.69. The van der Waals surface area contributed by atoms with E-state index in [1.54, 1.807) is 12.1 Å². The third-order valence-corrected chi connectivity index (χ3v) is 4.01. The first-order valence-electron chi connectivity index (χ1n) is 8.11. The number of carbonyl (C=O) groups excluding carboxylic acids is 1. The van der Waals surface area contributed by atoms with Crippen LogP contribution < -0.4 is 14.8 Å². The highest BCUT2D eigenvalue weighted by atomic mass is 19.1. The molecule has 5 heteroatoms. The molecular weight excluding hydrogens is 309 g/mol. The fourth-order valence-corrected chi connectivity index (χ4v) is 3.03. The lowest BCUT2D eigenvalue weighted by molar-refractivity contribution is -0.116. The summed E-state index contributed by atoms with van der Waals surface area (Å²) in [5.41, 5.74) is 2.37. The number of amides is 1. The van der Waals surface area contributed by atoms with Gasteiger partial charge in [-0.2, -0.15) is 0 Å². The molecule has 0 radical (unpaired) electrons. The molecule has 0 unspecified atom stereocenters. The fourth-order valence-electron chi connectivity index (χ4n) is 3.03. The minimum Gasteiger partial charge on any atom is -0.490 e. The summed E-state index contributed by atoms with van der Waals surface area (Å²) in [7, 11) is 0. The Labute approximate surface area is 140 Å². The number of rotatable bonds is 5. The molecule has 24 heavy (non-hydrogen) atoms. The van der Waals surface area contributed by atoms with E-state index in [2.05, 4.69) is 5.32 Å². The second kappa shape index (κ2) is 6.91. The maximum absolute atomic E-state index is 13.6. The van der Waals surface area contributed by atoms with Crippen LogP contribution in [0.4, 0.5) is 10.1 Å². The SMILES string of the molecule is CCOc1cc2c(cc1OCC)[C@@H](c1cccc(F)c1)CC(=O)N2. The van der Waals surface area contributed by atoms with E-state index < -0.39 is 0 Å². The molecule has 0 aliphatic carbocycles. The van der Waals surface area contributed by atoms with Gasteiger partial charge in [-0.25, -0.2) is 4.39 Å². The van der Waals surface area contributed by atoms with E-state index in [-0.39, 0.29) is 24.1 Å². The van der Waals surface area contributed by atoms with Crippen molar-refractivity contribution in [3.63, 3.8) is 0 Å². The molecule has 0 spiro atoms. The molecule has 4 nitrogen and oxygen atoms in total. The van der Waals surface area contributed by atoms with Gasteiger partial charge in [0.25, 0.3) is 0 Å². The predicted octanol–water partition coefficient (Wildman–Crippen LogP) is 4.10. The summed E-state index contributed by atoms with van der Waals surface area (Å²) < 4.78 is 24.9. The van der Waals surface area contributed by atoms with E-state index in [9.17, 15) is 9.18 Å². The zero-order valence-electron chi connectivity index (χ0n) is 13.8. The molecule has 0 saturated carbocycles. The van der Waals surface area contributed by atoms with Crippen molar-refractivity contribution in [1.82, 2.24) is 0 Å². The molecule has 2 aromatic carbocycles. The van der Waals surface area contributed by atoms with Gasteiger partial charge in [-0.05, 0) is 43.2 Å². The van der Waals surface area contributed by atoms with Crippen LogP contribution in [0.1, 0.15) is 37.3 Å². The summed E-state index contributed by atoms with van der Waals surface area (Å²) in [6.45, 7) is 4.81. The smallest absolute Gasteiger partial charge is 0.225 e. The molecule has 0 aromatic heterocycles. The molecule has 1 atom stereocenters. The van der Waals surface area contributed by atoms with Crippen LogP contribution in [0.15, 0.2) is 36.4 Å². The number of anilines is 1. The lowest BCUT2D eigenvalue weighted by Gasteiger charge is -2.27. The highest BCUT2D eigenvalue weighted by molar-refractivity contribution is 5.96. The molecule has 0 saturated heterocycles. The van der Waals surface area contributed by atoms with Gasteiger partial charge in [-0.1, -0.05) is 12.1 Å². The summed E-state index contributed by atoms with van der Waals surface area (Å²) in [6, 6.07) is 10.1. The maximum atomic E-state index is 13.6. The number of carbonyl (C=O) groups is 1. The Hall–Kier alpha value is -2.56. The van der Waals surface area contributed by atoms with Crippen LogP contribution in [0.5, 0.6) is 11.5 Å². The number of hydrogen-bond donors (Lipinski definition) is 1. The first-order valence-corrected chi connectivity index (χ1v) is 8.11. The summed E-state index contributed by atoms with van der Waals surface area (Å²) in [5, 5.41) is 2.87. The van der Waals surface area contributed by atoms with Crippen molar-refractivity contribution in [2.24, 2.45) is 0 Å². The maximum Gasteiger partial charge on any atom is 0.225 e. The summed E-state index contributed by atoms with van der Waals surface area (Å²) in [5.74, 6) is 0.618. The fraction of sp³-hybridized carbons (Fsp3) is 0.316. The third kappa shape index (κ3) is 3.20. The van der Waals surface area contributed by atoms with Crippen LogP contribution in [-0.2, 0) is 4.79 Å². The summed E-state index contributed by atoms with van der Waals surface area (Å²) >= 11 is 0. The first-order chi connectivity index (χ1) is 11.6. The van der Waals surface area contributed by atoms with Gasteiger partial charge >= 0.3 is 0 Å². The lowest BCUT2D eigenvalue weighted by atomic mass is 9.84. The van der Waals surface area contributed by atoms with Gasteiger partial charge in [0, 0.05) is 24.1 Å². The highest BCUT2D eigenvalue weighted by Crippen LogP contribution is 2.43. The molecule has 1 amide bonds. The average molecular weight is 329 g/mol. The first kappa shape index (κ1) is 16.3. The van der Waals surface area contributed by atoms with E-state index in [0.717, 1.165) is 11.1 Å². The Morgan fingerprint density at radius 2 is 1.83 bits per heavy atom. The second-order valence-corrected chi connectivity index (χ2v) is 5.61. The zero-order chi connectivity index (χ0) is 17.1. The number of ether oxygens (including phenoxy) is 2. The van der Waals surface area contributed by atoms with E-state index in [0.29, 0.717) is 30.4 Å². The molecular formula is C19H20FNO3. The van der Waals surface area contributed by atoms with Crippen molar-refractivity contribution in [2.75, 3.05) is 18.5 Å². The number of nitrogens with one attached hydrogen (secondary N) is 1. The van der Waals surface area contributed by atoms with E-state index >= 15 is 0 Å². The van der Waals surface area contributed by atoms with Crippen LogP contribution in [0.2, 0.25) is 0 Å². The van der Waals surface area contributed by atoms with Gasteiger partial charge in [0.05, 0.1) is 13.2 Å². The largest absolute Gasteiger partial charge is 0.490 e. The van der Waals surface area contributed by atoms with Crippen molar-refractivity contribution in [3.8, 4) is 11.5 Å². The predicted molar refractivity (Wildman–Crippen MR) is 90.3 cm³/mol. The standard InChI is InChI=1S/C19H20FNO3/c1-3-23-17-9-15-14(12-6-5-7-13(20)8-12)10-19(22)21-16(15)11-18(17)24-4-2/h5-9,11,14H,3-4,10H2,1-2H3,(H,21,22)/t14-/m1/s1. The topological polar surface area (TPSA) is 47.6 Å². The third-order valence-electron chi connectivity index (χ3n) is 4.01. The minimum atomic E-state index is -0.309. The Morgan fingerprint density at radius 1 is 1.12 bits per heavy atom. The van der Waals surface area contributed by atoms with Gasteiger partial charge in [-0.15, -0.1) is 0 Å². The molecule has 1 N–H and O–H groups in total. The molecule has 126 valence electrons. The second-order valence-electron chi connectivity index (χ2n) is 5.61. The van der Waals surface area contributed by atoms with Crippen molar-refractivity contribution < 1.29 is 18.7 Å².